The molecule has 6 rings (SSSR count). The number of aromatic nitrogens is 1. The Bertz CT molecular complexity index is 1840. The first kappa shape index (κ1) is 29.4. The van der Waals surface area contributed by atoms with Crippen molar-refractivity contribution in [3.63, 3.8) is 0 Å². The van der Waals surface area contributed by atoms with Crippen LogP contribution in [0.2, 0.25) is 0 Å². The smallest absolute Gasteiger partial charge is 0.324 e. The summed E-state index contributed by atoms with van der Waals surface area (Å²) >= 11 is 5.29. The van der Waals surface area contributed by atoms with E-state index in [9.17, 15) is 32.3 Å². The molecule has 3 aromatic carbocycles. The number of thiazole rings is 1. The Kier molecular flexibility index (Phi) is 7.59. The van der Waals surface area contributed by atoms with Gasteiger partial charge in [-0.1, -0.05) is 75.4 Å². The van der Waals surface area contributed by atoms with Gasteiger partial charge in [-0.05, 0) is 54.4 Å². The molecular formula is C30H21BrF3N3O4S2. The third-order valence-corrected chi connectivity index (χ3v) is 10.6. The molecule has 220 valence electrons. The van der Waals surface area contributed by atoms with Gasteiger partial charge in [0.1, 0.15) is 11.8 Å². The second-order valence-electron chi connectivity index (χ2n) is 10.1. The monoisotopic (exact) mass is 687 g/mol. The van der Waals surface area contributed by atoms with E-state index in [0.717, 1.165) is 56.2 Å². The fourth-order valence-corrected chi connectivity index (χ4v) is 8.44. The van der Waals surface area contributed by atoms with Crippen LogP contribution >= 0.6 is 39.0 Å². The summed E-state index contributed by atoms with van der Waals surface area (Å²) in [5.74, 6) is -3.49. The molecule has 0 spiro atoms. The number of amides is 3. The number of halogens is 4. The van der Waals surface area contributed by atoms with Crippen LogP contribution in [0.5, 0.6) is 0 Å². The third-order valence-electron chi connectivity index (χ3n) is 7.43. The normalized spacial score (nSPS) is 19.7. The first-order valence-corrected chi connectivity index (χ1v) is 15.5. The van der Waals surface area contributed by atoms with Gasteiger partial charge in [-0.15, -0.1) is 0 Å². The Morgan fingerprint density at radius 1 is 0.977 bits per heavy atom. The zero-order valence-electron chi connectivity index (χ0n) is 22.2. The van der Waals surface area contributed by atoms with E-state index < -0.39 is 51.4 Å². The Labute approximate surface area is 259 Å². The number of rotatable bonds is 5. The van der Waals surface area contributed by atoms with Crippen LogP contribution in [0.1, 0.15) is 27.5 Å². The fraction of sp³-hybridized carbons (Fsp3) is 0.200. The molecule has 13 heteroatoms. The molecular weight excluding hydrogens is 667 g/mol. The highest BCUT2D eigenvalue weighted by molar-refractivity contribution is 9.10. The summed E-state index contributed by atoms with van der Waals surface area (Å²) in [6.07, 6.45) is -4.66. The molecule has 1 N–H and O–H groups in total. The maximum atomic E-state index is 13.9. The van der Waals surface area contributed by atoms with Crippen molar-refractivity contribution in [1.82, 2.24) is 4.57 Å². The fourth-order valence-electron chi connectivity index (χ4n) is 5.41. The van der Waals surface area contributed by atoms with E-state index in [4.69, 9.17) is 0 Å². The first-order valence-electron chi connectivity index (χ1n) is 13.0. The standard InChI is InChI=1S/C30H21BrF3N3O4S2/c1-15-5-2-3-8-20(15)35-21(38)14-36-28-25(43-29(36)41)22(16-9-11-18(31)12-10-16)23-24(42-28)27(40)37(26(23)39)19-7-4-6-17(13-19)30(32,33)34/h2-13,22-24H,14H2,1H3,(H,35,38)/t22-,23-,24+/m0/s1. The zero-order chi connectivity index (χ0) is 30.6. The predicted octanol–water partition coefficient (Wildman–Crippen LogP) is 6.43. The van der Waals surface area contributed by atoms with E-state index in [-0.39, 0.29) is 12.2 Å². The molecule has 2 aliphatic heterocycles. The van der Waals surface area contributed by atoms with Gasteiger partial charge in [-0.2, -0.15) is 13.2 Å². The minimum atomic E-state index is -4.66. The number of fused-ring (bicyclic) bond motifs is 2. The topological polar surface area (TPSA) is 88.5 Å². The predicted molar refractivity (Wildman–Crippen MR) is 161 cm³/mol. The second-order valence-corrected chi connectivity index (χ2v) is 13.2. The van der Waals surface area contributed by atoms with Crippen LogP contribution in [-0.2, 0) is 27.1 Å². The molecule has 2 aliphatic rings. The van der Waals surface area contributed by atoms with Gasteiger partial charge in [-0.25, -0.2) is 4.90 Å². The van der Waals surface area contributed by atoms with Crippen molar-refractivity contribution in [2.75, 3.05) is 10.2 Å². The minimum Gasteiger partial charge on any atom is -0.324 e. The SMILES string of the molecule is Cc1ccccc1NC(=O)Cn1c2c(sc1=O)[C@@H](c1ccc(Br)cc1)[C@@H]1C(=O)N(c3cccc(C(F)(F)F)c3)C(=O)[C@@H]1S2. The van der Waals surface area contributed by atoms with Crippen molar-refractivity contribution in [2.45, 2.75) is 35.8 Å². The van der Waals surface area contributed by atoms with Gasteiger partial charge in [0.05, 0.1) is 22.2 Å². The molecule has 0 bridgehead atoms. The van der Waals surface area contributed by atoms with Crippen LogP contribution in [0.15, 0.2) is 87.1 Å². The maximum absolute atomic E-state index is 13.9. The quantitative estimate of drug-likeness (QED) is 0.244. The number of aryl methyl sites for hydroxylation is 1. The summed E-state index contributed by atoms with van der Waals surface area (Å²) in [5.41, 5.74) is 0.939. The van der Waals surface area contributed by atoms with Crippen molar-refractivity contribution in [2.24, 2.45) is 5.92 Å². The lowest BCUT2D eigenvalue weighted by Crippen LogP contribution is -2.33. The summed E-state index contributed by atoms with van der Waals surface area (Å²) < 4.78 is 42.5. The molecule has 0 aliphatic carbocycles. The van der Waals surface area contributed by atoms with E-state index in [1.807, 2.05) is 19.1 Å². The lowest BCUT2D eigenvalue weighted by Gasteiger charge is -2.30. The van der Waals surface area contributed by atoms with E-state index in [0.29, 0.717) is 21.2 Å². The lowest BCUT2D eigenvalue weighted by molar-refractivity contribution is -0.137. The van der Waals surface area contributed by atoms with Crippen molar-refractivity contribution in [1.29, 1.82) is 0 Å². The van der Waals surface area contributed by atoms with Gasteiger partial charge in [0.15, 0.2) is 0 Å². The number of benzene rings is 3. The molecule has 1 fully saturated rings. The van der Waals surface area contributed by atoms with E-state index in [1.54, 1.807) is 36.4 Å². The summed E-state index contributed by atoms with van der Waals surface area (Å²) in [6, 6.07) is 18.4. The van der Waals surface area contributed by atoms with Gasteiger partial charge in [-0.3, -0.25) is 23.7 Å². The molecule has 0 radical (unpaired) electrons. The average molecular weight is 689 g/mol. The highest BCUT2D eigenvalue weighted by Crippen LogP contribution is 2.54. The Morgan fingerprint density at radius 3 is 2.40 bits per heavy atom. The number of thioether (sulfide) groups is 1. The number of anilines is 2. The molecule has 7 nitrogen and oxygen atoms in total. The Hall–Kier alpha value is -3.68. The average Bonchev–Trinajstić information content (AvgIpc) is 3.40. The molecule has 1 aromatic heterocycles. The third kappa shape index (κ3) is 5.34. The van der Waals surface area contributed by atoms with E-state index in [1.165, 1.54) is 10.6 Å². The Morgan fingerprint density at radius 2 is 1.70 bits per heavy atom. The van der Waals surface area contributed by atoms with Gasteiger partial charge in [0.25, 0.3) is 0 Å². The van der Waals surface area contributed by atoms with Gasteiger partial charge in [0.2, 0.25) is 17.7 Å². The van der Waals surface area contributed by atoms with Crippen molar-refractivity contribution < 1.29 is 27.6 Å². The van der Waals surface area contributed by atoms with Crippen LogP contribution in [0.25, 0.3) is 0 Å². The van der Waals surface area contributed by atoms with Crippen molar-refractivity contribution in [3.8, 4) is 0 Å². The molecule has 43 heavy (non-hydrogen) atoms. The number of imide groups is 1. The number of para-hydroxylation sites is 1. The van der Waals surface area contributed by atoms with Crippen LogP contribution in [0.3, 0.4) is 0 Å². The van der Waals surface area contributed by atoms with Crippen molar-refractivity contribution in [3.05, 3.63) is 109 Å². The highest BCUT2D eigenvalue weighted by Gasteiger charge is 2.57. The minimum absolute atomic E-state index is 0.173. The molecule has 4 aromatic rings. The summed E-state index contributed by atoms with van der Waals surface area (Å²) in [5, 5.41) is 2.17. The largest absolute Gasteiger partial charge is 0.416 e. The van der Waals surface area contributed by atoms with Crippen LogP contribution in [0.4, 0.5) is 24.5 Å². The lowest BCUT2D eigenvalue weighted by atomic mass is 9.83. The molecule has 3 atom stereocenters. The molecule has 0 unspecified atom stereocenters. The first-order chi connectivity index (χ1) is 20.4. The number of carbonyl (C=O) groups is 3. The Balaban J connectivity index is 1.41. The van der Waals surface area contributed by atoms with Crippen LogP contribution in [-0.4, -0.2) is 27.5 Å². The number of nitrogens with one attached hydrogen (secondary N) is 1. The zero-order valence-corrected chi connectivity index (χ0v) is 25.4. The number of hydrogen-bond acceptors (Lipinski definition) is 6. The van der Waals surface area contributed by atoms with Crippen LogP contribution < -0.4 is 15.1 Å². The van der Waals surface area contributed by atoms with Gasteiger partial charge in [0, 0.05) is 21.0 Å². The molecule has 0 saturated carbocycles. The number of hydrogen-bond donors (Lipinski definition) is 1. The van der Waals surface area contributed by atoms with Crippen LogP contribution in [0, 0.1) is 12.8 Å². The summed E-state index contributed by atoms with van der Waals surface area (Å²) in [4.78, 5) is 55.0. The number of carbonyl (C=O) groups excluding carboxylic acids is 3. The number of nitrogens with zero attached hydrogens (tertiary/aromatic N) is 2. The van der Waals surface area contributed by atoms with Gasteiger partial charge >= 0.3 is 11.0 Å². The molecule has 3 heterocycles. The van der Waals surface area contributed by atoms with Crippen molar-refractivity contribution >= 4 is 68.1 Å². The number of alkyl halides is 3. The van der Waals surface area contributed by atoms with Gasteiger partial charge < -0.3 is 5.32 Å². The molecule has 3 amide bonds. The molecule has 1 saturated heterocycles. The maximum Gasteiger partial charge on any atom is 0.416 e. The van der Waals surface area contributed by atoms with E-state index in [2.05, 4.69) is 21.2 Å². The van der Waals surface area contributed by atoms with E-state index >= 15 is 0 Å². The summed E-state index contributed by atoms with van der Waals surface area (Å²) in [7, 11) is 0. The second kappa shape index (κ2) is 11.1. The highest BCUT2D eigenvalue weighted by atomic mass is 79.9. The summed E-state index contributed by atoms with van der Waals surface area (Å²) in [6.45, 7) is 1.52.